The van der Waals surface area contributed by atoms with Gasteiger partial charge >= 0.3 is 0 Å². The molecule has 0 unspecified atom stereocenters. The Morgan fingerprint density at radius 2 is 2.12 bits per heavy atom. The smallest absolute Gasteiger partial charge is 0.0678 e. The molecule has 0 radical (unpaired) electrons. The molecule has 1 aromatic heterocycles. The largest absolute Gasteiger partial charge is 0.330 e. The van der Waals surface area contributed by atoms with Crippen LogP contribution < -0.4 is 5.73 Å². The van der Waals surface area contributed by atoms with Crippen molar-refractivity contribution in [3.63, 3.8) is 0 Å². The van der Waals surface area contributed by atoms with Crippen LogP contribution in [0.4, 0.5) is 0 Å². The van der Waals surface area contributed by atoms with E-state index in [2.05, 4.69) is 12.0 Å². The molecule has 0 saturated heterocycles. The summed E-state index contributed by atoms with van der Waals surface area (Å²) in [6, 6.07) is 5.82. The minimum atomic E-state index is 0.645. The predicted molar refractivity (Wildman–Crippen MR) is 70.8 cm³/mol. The number of benzene rings is 1. The highest BCUT2D eigenvalue weighted by molar-refractivity contribution is 6.30. The molecule has 0 amide bonds. The van der Waals surface area contributed by atoms with Crippen molar-refractivity contribution in [2.75, 3.05) is 6.54 Å². The van der Waals surface area contributed by atoms with Gasteiger partial charge in [-0.05, 0) is 56.1 Å². The molecule has 3 nitrogen and oxygen atoms in total. The average Bonchev–Trinajstić information content (AvgIpc) is 2.62. The van der Waals surface area contributed by atoms with Crippen LogP contribution in [-0.2, 0) is 6.42 Å². The molecule has 0 aliphatic carbocycles. The number of halogens is 1. The lowest BCUT2D eigenvalue weighted by atomic mass is 10.1. The number of aryl methyl sites for hydroxylation is 1. The van der Waals surface area contributed by atoms with Gasteiger partial charge in [0.15, 0.2) is 0 Å². The summed E-state index contributed by atoms with van der Waals surface area (Å²) < 4.78 is 1.94. The summed E-state index contributed by atoms with van der Waals surface area (Å²) in [6.45, 7) is 4.74. The Morgan fingerprint density at radius 1 is 1.35 bits per heavy atom. The van der Waals surface area contributed by atoms with Crippen LogP contribution in [0.5, 0.6) is 0 Å². The van der Waals surface area contributed by atoms with E-state index in [-0.39, 0.29) is 0 Å². The van der Waals surface area contributed by atoms with E-state index >= 15 is 0 Å². The molecule has 2 N–H and O–H groups in total. The molecule has 0 atom stereocenters. The van der Waals surface area contributed by atoms with Gasteiger partial charge in [-0.25, -0.2) is 4.68 Å². The van der Waals surface area contributed by atoms with Crippen LogP contribution >= 0.6 is 11.6 Å². The topological polar surface area (TPSA) is 43.8 Å². The van der Waals surface area contributed by atoms with E-state index in [1.807, 2.05) is 36.0 Å². The maximum absolute atomic E-state index is 5.95. The van der Waals surface area contributed by atoms with E-state index < -0.39 is 0 Å². The standard InChI is InChI=1S/C13H16ClN3/c1-9-7-12(14)3-4-13(9)17-10(2)11(5-6-15)8-16-17/h3-4,7-8H,5-6,15H2,1-2H3. The Morgan fingerprint density at radius 3 is 2.76 bits per heavy atom. The van der Waals surface area contributed by atoms with Crippen LogP contribution in [0.1, 0.15) is 16.8 Å². The fraction of sp³-hybridized carbons (Fsp3) is 0.308. The summed E-state index contributed by atoms with van der Waals surface area (Å²) in [7, 11) is 0. The van der Waals surface area contributed by atoms with E-state index in [0.29, 0.717) is 6.54 Å². The lowest BCUT2D eigenvalue weighted by Gasteiger charge is -2.09. The summed E-state index contributed by atoms with van der Waals surface area (Å²) in [5.74, 6) is 0. The van der Waals surface area contributed by atoms with Crippen molar-refractivity contribution >= 4 is 11.6 Å². The SMILES string of the molecule is Cc1cc(Cl)ccc1-n1ncc(CCN)c1C. The highest BCUT2D eigenvalue weighted by atomic mass is 35.5. The van der Waals surface area contributed by atoms with Gasteiger partial charge in [-0.2, -0.15) is 5.10 Å². The van der Waals surface area contributed by atoms with Crippen LogP contribution in [0, 0.1) is 13.8 Å². The number of hydrogen-bond acceptors (Lipinski definition) is 2. The number of rotatable bonds is 3. The van der Waals surface area contributed by atoms with Crippen molar-refractivity contribution in [2.45, 2.75) is 20.3 Å². The molecular formula is C13H16ClN3. The van der Waals surface area contributed by atoms with Gasteiger partial charge in [-0.15, -0.1) is 0 Å². The van der Waals surface area contributed by atoms with Gasteiger partial charge in [0.05, 0.1) is 11.9 Å². The molecular weight excluding hydrogens is 234 g/mol. The molecule has 0 aliphatic heterocycles. The molecule has 2 rings (SSSR count). The Balaban J connectivity index is 2.46. The third-order valence-electron chi connectivity index (χ3n) is 2.91. The van der Waals surface area contributed by atoms with Crippen LogP contribution in [0.2, 0.25) is 5.02 Å². The van der Waals surface area contributed by atoms with Gasteiger partial charge in [0.25, 0.3) is 0 Å². The van der Waals surface area contributed by atoms with E-state index in [4.69, 9.17) is 17.3 Å². The monoisotopic (exact) mass is 249 g/mol. The molecule has 17 heavy (non-hydrogen) atoms. The zero-order valence-corrected chi connectivity index (χ0v) is 10.8. The normalized spacial score (nSPS) is 10.8. The van der Waals surface area contributed by atoms with Gasteiger partial charge in [-0.1, -0.05) is 11.6 Å². The lowest BCUT2D eigenvalue weighted by molar-refractivity contribution is 0.835. The zero-order chi connectivity index (χ0) is 12.4. The summed E-state index contributed by atoms with van der Waals surface area (Å²) in [4.78, 5) is 0. The molecule has 0 aliphatic rings. The molecule has 0 spiro atoms. The molecule has 2 aromatic rings. The zero-order valence-electron chi connectivity index (χ0n) is 10.1. The summed E-state index contributed by atoms with van der Waals surface area (Å²) in [6.07, 6.45) is 2.74. The minimum Gasteiger partial charge on any atom is -0.330 e. The van der Waals surface area contributed by atoms with Crippen LogP contribution in [0.15, 0.2) is 24.4 Å². The first-order valence-corrected chi connectivity index (χ1v) is 6.01. The fourth-order valence-electron chi connectivity index (χ4n) is 1.94. The summed E-state index contributed by atoms with van der Waals surface area (Å²) >= 11 is 5.95. The second-order valence-corrected chi connectivity index (χ2v) is 4.57. The molecule has 1 aromatic carbocycles. The lowest BCUT2D eigenvalue weighted by Crippen LogP contribution is -2.05. The summed E-state index contributed by atoms with van der Waals surface area (Å²) in [5, 5.41) is 5.16. The fourth-order valence-corrected chi connectivity index (χ4v) is 2.17. The second kappa shape index (κ2) is 4.90. The highest BCUT2D eigenvalue weighted by Gasteiger charge is 2.09. The first kappa shape index (κ1) is 12.1. The third kappa shape index (κ3) is 2.35. The molecule has 0 bridgehead atoms. The van der Waals surface area contributed by atoms with Crippen LogP contribution in [-0.4, -0.2) is 16.3 Å². The van der Waals surface area contributed by atoms with E-state index in [9.17, 15) is 0 Å². The molecule has 4 heteroatoms. The number of hydrogen-bond donors (Lipinski definition) is 1. The molecule has 90 valence electrons. The Bertz CT molecular complexity index is 531. The van der Waals surface area contributed by atoms with Crippen molar-refractivity contribution in [3.8, 4) is 5.69 Å². The van der Waals surface area contributed by atoms with Crippen molar-refractivity contribution in [3.05, 3.63) is 46.2 Å². The molecule has 0 fully saturated rings. The first-order chi connectivity index (χ1) is 8.13. The average molecular weight is 250 g/mol. The van der Waals surface area contributed by atoms with Crippen molar-refractivity contribution < 1.29 is 0 Å². The number of aromatic nitrogens is 2. The Hall–Kier alpha value is -1.32. The van der Waals surface area contributed by atoms with Gasteiger partial charge in [-0.3, -0.25) is 0 Å². The quantitative estimate of drug-likeness (QED) is 0.909. The molecule has 1 heterocycles. The highest BCUT2D eigenvalue weighted by Crippen LogP contribution is 2.21. The van der Waals surface area contributed by atoms with Gasteiger partial charge in [0, 0.05) is 10.7 Å². The maximum atomic E-state index is 5.95. The third-order valence-corrected chi connectivity index (χ3v) is 3.15. The first-order valence-electron chi connectivity index (χ1n) is 5.63. The van der Waals surface area contributed by atoms with Crippen LogP contribution in [0.25, 0.3) is 5.69 Å². The maximum Gasteiger partial charge on any atom is 0.0678 e. The van der Waals surface area contributed by atoms with Crippen molar-refractivity contribution in [1.82, 2.24) is 9.78 Å². The van der Waals surface area contributed by atoms with Crippen molar-refractivity contribution in [1.29, 1.82) is 0 Å². The Labute approximate surface area is 106 Å². The van der Waals surface area contributed by atoms with Crippen molar-refractivity contribution in [2.24, 2.45) is 5.73 Å². The number of nitrogens with zero attached hydrogens (tertiary/aromatic N) is 2. The summed E-state index contributed by atoms with van der Waals surface area (Å²) in [5.41, 5.74) is 10.1. The predicted octanol–water partition coefficient (Wildman–Crippen LogP) is 2.64. The number of nitrogens with two attached hydrogens (primary N) is 1. The van der Waals surface area contributed by atoms with Gasteiger partial charge in [0.2, 0.25) is 0 Å². The van der Waals surface area contributed by atoms with E-state index in [1.165, 1.54) is 5.56 Å². The van der Waals surface area contributed by atoms with Gasteiger partial charge in [0.1, 0.15) is 0 Å². The van der Waals surface area contributed by atoms with E-state index in [1.54, 1.807) is 0 Å². The van der Waals surface area contributed by atoms with E-state index in [0.717, 1.165) is 28.4 Å². The molecule has 0 saturated carbocycles. The second-order valence-electron chi connectivity index (χ2n) is 4.14. The van der Waals surface area contributed by atoms with Gasteiger partial charge < -0.3 is 5.73 Å². The minimum absolute atomic E-state index is 0.645. The van der Waals surface area contributed by atoms with Crippen LogP contribution in [0.3, 0.4) is 0 Å². The Kier molecular flexibility index (Phi) is 3.50.